The first kappa shape index (κ1) is 17.2. The van der Waals surface area contributed by atoms with Crippen molar-refractivity contribution in [3.05, 3.63) is 24.0 Å². The standard InChI is InChI=1S/C18H27N5S/c1-18(2,3)16-20-14-7-6-13(12-15(14)22(16)5)19-17(24)23-10-8-21(4)9-11-23/h6-7,12H,8-11H2,1-5H3,(H,19,24). The van der Waals surface area contributed by atoms with Crippen molar-refractivity contribution in [3.8, 4) is 0 Å². The predicted molar refractivity (Wildman–Crippen MR) is 105 cm³/mol. The summed E-state index contributed by atoms with van der Waals surface area (Å²) in [4.78, 5) is 9.36. The second-order valence-electron chi connectivity index (χ2n) is 7.67. The smallest absolute Gasteiger partial charge is 0.173 e. The van der Waals surface area contributed by atoms with E-state index in [-0.39, 0.29) is 5.41 Å². The van der Waals surface area contributed by atoms with Crippen molar-refractivity contribution >= 4 is 34.1 Å². The van der Waals surface area contributed by atoms with Crippen molar-refractivity contribution < 1.29 is 0 Å². The molecular weight excluding hydrogens is 318 g/mol. The van der Waals surface area contributed by atoms with Crippen LogP contribution in [0.4, 0.5) is 5.69 Å². The molecule has 1 fully saturated rings. The first-order chi connectivity index (χ1) is 11.3. The third-order valence-corrected chi connectivity index (χ3v) is 4.95. The molecule has 2 heterocycles. The number of benzene rings is 1. The minimum absolute atomic E-state index is 0.0243. The van der Waals surface area contributed by atoms with E-state index in [0.29, 0.717) is 0 Å². The Morgan fingerprint density at radius 2 is 1.79 bits per heavy atom. The van der Waals surface area contributed by atoms with Crippen molar-refractivity contribution in [1.82, 2.24) is 19.4 Å². The fraction of sp³-hybridized carbons (Fsp3) is 0.556. The Morgan fingerprint density at radius 3 is 2.42 bits per heavy atom. The van der Waals surface area contributed by atoms with Crippen LogP contribution in [-0.2, 0) is 12.5 Å². The Labute approximate surface area is 149 Å². The van der Waals surface area contributed by atoms with E-state index in [1.54, 1.807) is 0 Å². The van der Waals surface area contributed by atoms with Crippen molar-refractivity contribution in [1.29, 1.82) is 0 Å². The molecule has 6 heteroatoms. The number of nitrogens with zero attached hydrogens (tertiary/aromatic N) is 4. The predicted octanol–water partition coefficient (Wildman–Crippen LogP) is 2.82. The molecule has 1 aromatic carbocycles. The number of hydrogen-bond donors (Lipinski definition) is 1. The van der Waals surface area contributed by atoms with Crippen LogP contribution in [0.1, 0.15) is 26.6 Å². The lowest BCUT2D eigenvalue weighted by molar-refractivity contribution is 0.217. The van der Waals surface area contributed by atoms with E-state index in [9.17, 15) is 0 Å². The van der Waals surface area contributed by atoms with E-state index in [1.807, 2.05) is 0 Å². The molecule has 0 radical (unpaired) electrons. The average Bonchev–Trinajstić information content (AvgIpc) is 2.85. The number of likely N-dealkylation sites (N-methyl/N-ethyl adjacent to an activating group) is 1. The summed E-state index contributed by atoms with van der Waals surface area (Å²) in [5.41, 5.74) is 3.20. The lowest BCUT2D eigenvalue weighted by Crippen LogP contribution is -2.48. The number of aryl methyl sites for hydroxylation is 1. The summed E-state index contributed by atoms with van der Waals surface area (Å²) in [6, 6.07) is 6.27. The molecule has 130 valence electrons. The number of nitrogens with one attached hydrogen (secondary N) is 1. The third-order valence-electron chi connectivity index (χ3n) is 4.59. The second kappa shape index (κ2) is 6.33. The largest absolute Gasteiger partial charge is 0.346 e. The van der Waals surface area contributed by atoms with Crippen LogP contribution in [0.2, 0.25) is 0 Å². The van der Waals surface area contributed by atoms with E-state index in [2.05, 4.69) is 72.7 Å². The number of hydrogen-bond acceptors (Lipinski definition) is 3. The van der Waals surface area contributed by atoms with Gasteiger partial charge in [0, 0.05) is 44.3 Å². The quantitative estimate of drug-likeness (QED) is 0.804. The minimum Gasteiger partial charge on any atom is -0.346 e. The van der Waals surface area contributed by atoms with Crippen LogP contribution in [0.25, 0.3) is 11.0 Å². The third kappa shape index (κ3) is 3.39. The molecule has 0 amide bonds. The maximum Gasteiger partial charge on any atom is 0.173 e. The van der Waals surface area contributed by atoms with Gasteiger partial charge in [0.2, 0.25) is 0 Å². The number of imidazole rings is 1. The van der Waals surface area contributed by atoms with Crippen LogP contribution in [0.5, 0.6) is 0 Å². The van der Waals surface area contributed by atoms with Crippen LogP contribution in [-0.4, -0.2) is 57.7 Å². The van der Waals surface area contributed by atoms with Gasteiger partial charge in [-0.25, -0.2) is 4.98 Å². The summed E-state index contributed by atoms with van der Waals surface area (Å²) in [5, 5.41) is 4.20. The van der Waals surface area contributed by atoms with Gasteiger partial charge in [0.05, 0.1) is 11.0 Å². The van der Waals surface area contributed by atoms with E-state index >= 15 is 0 Å². The molecule has 0 unspecified atom stereocenters. The number of thiocarbonyl (C=S) groups is 1. The average molecular weight is 346 g/mol. The van der Waals surface area contributed by atoms with E-state index in [4.69, 9.17) is 17.2 Å². The van der Waals surface area contributed by atoms with Gasteiger partial charge < -0.3 is 19.7 Å². The van der Waals surface area contributed by atoms with Crippen molar-refractivity contribution in [2.45, 2.75) is 26.2 Å². The normalized spacial score (nSPS) is 16.6. The summed E-state index contributed by atoms with van der Waals surface area (Å²) >= 11 is 5.59. The summed E-state index contributed by atoms with van der Waals surface area (Å²) in [6.45, 7) is 10.6. The van der Waals surface area contributed by atoms with Gasteiger partial charge in [0.15, 0.2) is 5.11 Å². The second-order valence-corrected chi connectivity index (χ2v) is 8.06. The molecular formula is C18H27N5S. The molecule has 1 N–H and O–H groups in total. The SMILES string of the molecule is CN1CCN(C(=S)Nc2ccc3nc(C(C)(C)C)n(C)c3c2)CC1. The van der Waals surface area contributed by atoms with Crippen LogP contribution in [0.15, 0.2) is 18.2 Å². The molecule has 5 nitrogen and oxygen atoms in total. The highest BCUT2D eigenvalue weighted by atomic mass is 32.1. The van der Waals surface area contributed by atoms with Crippen molar-refractivity contribution in [2.75, 3.05) is 38.5 Å². The summed E-state index contributed by atoms with van der Waals surface area (Å²) in [5.74, 6) is 1.09. The van der Waals surface area contributed by atoms with E-state index in [0.717, 1.165) is 53.8 Å². The van der Waals surface area contributed by atoms with Gasteiger partial charge in [-0.05, 0) is 37.5 Å². The van der Waals surface area contributed by atoms with Crippen LogP contribution >= 0.6 is 12.2 Å². The maximum atomic E-state index is 5.59. The number of fused-ring (bicyclic) bond motifs is 1. The fourth-order valence-electron chi connectivity index (χ4n) is 3.15. The molecule has 0 saturated carbocycles. The number of piperazine rings is 1. The highest BCUT2D eigenvalue weighted by molar-refractivity contribution is 7.80. The highest BCUT2D eigenvalue weighted by Gasteiger charge is 2.21. The van der Waals surface area contributed by atoms with E-state index < -0.39 is 0 Å². The lowest BCUT2D eigenvalue weighted by atomic mass is 9.96. The fourth-order valence-corrected chi connectivity index (χ4v) is 3.45. The molecule has 0 spiro atoms. The zero-order valence-corrected chi connectivity index (χ0v) is 16.1. The van der Waals surface area contributed by atoms with Crippen LogP contribution < -0.4 is 5.32 Å². The van der Waals surface area contributed by atoms with Gasteiger partial charge in [-0.3, -0.25) is 0 Å². The van der Waals surface area contributed by atoms with Crippen molar-refractivity contribution in [3.63, 3.8) is 0 Å². The molecule has 1 aromatic heterocycles. The first-order valence-corrected chi connectivity index (χ1v) is 8.88. The zero-order valence-electron chi connectivity index (χ0n) is 15.3. The highest BCUT2D eigenvalue weighted by Crippen LogP contribution is 2.27. The zero-order chi connectivity index (χ0) is 17.5. The van der Waals surface area contributed by atoms with Gasteiger partial charge in [-0.15, -0.1) is 0 Å². The van der Waals surface area contributed by atoms with Crippen molar-refractivity contribution in [2.24, 2.45) is 7.05 Å². The Hall–Kier alpha value is -1.66. The molecule has 1 aliphatic heterocycles. The molecule has 24 heavy (non-hydrogen) atoms. The molecule has 0 bridgehead atoms. The maximum absolute atomic E-state index is 5.59. The Morgan fingerprint density at radius 1 is 1.12 bits per heavy atom. The van der Waals surface area contributed by atoms with Gasteiger partial charge in [0.25, 0.3) is 0 Å². The Balaban J connectivity index is 1.81. The summed E-state index contributed by atoms with van der Waals surface area (Å²) < 4.78 is 2.18. The molecule has 3 rings (SSSR count). The summed E-state index contributed by atoms with van der Waals surface area (Å²) in [7, 11) is 4.23. The summed E-state index contributed by atoms with van der Waals surface area (Å²) in [6.07, 6.45) is 0. The van der Waals surface area contributed by atoms with Gasteiger partial charge in [0.1, 0.15) is 5.82 Å². The van der Waals surface area contributed by atoms with Gasteiger partial charge in [-0.1, -0.05) is 20.8 Å². The number of anilines is 1. The molecule has 2 aromatic rings. The first-order valence-electron chi connectivity index (χ1n) is 8.47. The van der Waals surface area contributed by atoms with Crippen LogP contribution in [0.3, 0.4) is 0 Å². The van der Waals surface area contributed by atoms with Crippen LogP contribution in [0, 0.1) is 0 Å². The number of aromatic nitrogens is 2. The molecule has 1 saturated heterocycles. The lowest BCUT2D eigenvalue weighted by Gasteiger charge is -2.34. The number of rotatable bonds is 1. The molecule has 0 aliphatic carbocycles. The Kier molecular flexibility index (Phi) is 4.53. The van der Waals surface area contributed by atoms with Gasteiger partial charge >= 0.3 is 0 Å². The Bertz CT molecular complexity index is 751. The monoisotopic (exact) mass is 345 g/mol. The van der Waals surface area contributed by atoms with Gasteiger partial charge in [-0.2, -0.15) is 0 Å². The minimum atomic E-state index is 0.0243. The molecule has 0 atom stereocenters. The van der Waals surface area contributed by atoms with E-state index in [1.165, 1.54) is 0 Å². The molecule has 1 aliphatic rings. The topological polar surface area (TPSA) is 36.3 Å².